The Morgan fingerprint density at radius 3 is 2.60 bits per heavy atom. The van der Waals surface area contributed by atoms with Crippen molar-refractivity contribution in [1.29, 1.82) is 0 Å². The van der Waals surface area contributed by atoms with Gasteiger partial charge < -0.3 is 9.84 Å². The van der Waals surface area contributed by atoms with E-state index >= 15 is 0 Å². The zero-order valence-electron chi connectivity index (χ0n) is 8.44. The molecule has 1 aromatic rings. The van der Waals surface area contributed by atoms with E-state index in [0.717, 1.165) is 5.56 Å². The molecule has 0 spiro atoms. The lowest BCUT2D eigenvalue weighted by molar-refractivity contribution is -0.150. The average molecular weight is 212 g/mol. The minimum atomic E-state index is -1.11. The maximum atomic E-state index is 12.5. The molecule has 0 bridgehead atoms. The second-order valence-corrected chi connectivity index (χ2v) is 3.20. The van der Waals surface area contributed by atoms with Crippen LogP contribution in [0.2, 0.25) is 0 Å². The van der Waals surface area contributed by atoms with Crippen molar-refractivity contribution in [1.82, 2.24) is 0 Å². The Kier molecular flexibility index (Phi) is 4.24. The van der Waals surface area contributed by atoms with Crippen molar-refractivity contribution in [3.8, 4) is 0 Å². The van der Waals surface area contributed by atoms with Gasteiger partial charge >= 0.3 is 5.97 Å². The third-order valence-corrected chi connectivity index (χ3v) is 2.09. The van der Waals surface area contributed by atoms with Crippen LogP contribution in [-0.4, -0.2) is 24.3 Å². The molecule has 1 rings (SSSR count). The number of carbonyl (C=O) groups excluding carboxylic acids is 1. The lowest BCUT2D eigenvalue weighted by Crippen LogP contribution is -2.22. The van der Waals surface area contributed by atoms with Crippen LogP contribution in [0.3, 0.4) is 0 Å². The molecule has 3 nitrogen and oxygen atoms in total. The summed E-state index contributed by atoms with van der Waals surface area (Å²) in [6.45, 7) is 0. The van der Waals surface area contributed by atoms with E-state index in [0.29, 0.717) is 6.42 Å². The highest BCUT2D eigenvalue weighted by atomic mass is 19.1. The quantitative estimate of drug-likeness (QED) is 0.765. The average Bonchev–Trinajstić information content (AvgIpc) is 2.26. The lowest BCUT2D eigenvalue weighted by Gasteiger charge is -2.07. The SMILES string of the molecule is COC(=O)C(O)CCc1ccc(F)cc1. The third-order valence-electron chi connectivity index (χ3n) is 2.09. The number of carbonyl (C=O) groups is 1. The van der Waals surface area contributed by atoms with Gasteiger partial charge in [0.1, 0.15) is 5.82 Å². The number of esters is 1. The van der Waals surface area contributed by atoms with E-state index in [1.807, 2.05) is 0 Å². The summed E-state index contributed by atoms with van der Waals surface area (Å²) in [4.78, 5) is 10.9. The molecular weight excluding hydrogens is 199 g/mol. The minimum absolute atomic E-state index is 0.276. The molecule has 82 valence electrons. The van der Waals surface area contributed by atoms with Crippen LogP contribution < -0.4 is 0 Å². The number of aliphatic hydroxyl groups is 1. The zero-order chi connectivity index (χ0) is 11.3. The van der Waals surface area contributed by atoms with E-state index in [1.165, 1.54) is 19.2 Å². The maximum Gasteiger partial charge on any atom is 0.334 e. The Bertz CT molecular complexity index is 321. The fourth-order valence-corrected chi connectivity index (χ4v) is 1.21. The molecule has 0 aliphatic heterocycles. The fraction of sp³-hybridized carbons (Fsp3) is 0.364. The summed E-state index contributed by atoms with van der Waals surface area (Å²) >= 11 is 0. The molecule has 1 unspecified atom stereocenters. The van der Waals surface area contributed by atoms with Crippen LogP contribution in [0.5, 0.6) is 0 Å². The minimum Gasteiger partial charge on any atom is -0.467 e. The predicted octanol–water partition coefficient (Wildman–Crippen LogP) is 1.29. The second-order valence-electron chi connectivity index (χ2n) is 3.20. The number of ether oxygens (including phenoxy) is 1. The summed E-state index contributed by atoms with van der Waals surface area (Å²) in [5, 5.41) is 9.28. The largest absolute Gasteiger partial charge is 0.467 e. The van der Waals surface area contributed by atoms with Gasteiger partial charge in [-0.05, 0) is 30.5 Å². The first kappa shape index (κ1) is 11.7. The summed E-state index contributed by atoms with van der Waals surface area (Å²) in [6.07, 6.45) is -0.325. The standard InChI is InChI=1S/C11H13FO3/c1-15-11(14)10(13)7-4-8-2-5-9(12)6-3-8/h2-3,5-6,10,13H,4,7H2,1H3. The van der Waals surface area contributed by atoms with E-state index in [1.54, 1.807) is 12.1 Å². The summed E-state index contributed by atoms with van der Waals surface area (Å²) in [6, 6.07) is 5.94. The van der Waals surface area contributed by atoms with E-state index in [2.05, 4.69) is 4.74 Å². The number of benzene rings is 1. The van der Waals surface area contributed by atoms with Crippen molar-refractivity contribution in [2.75, 3.05) is 7.11 Å². The highest BCUT2D eigenvalue weighted by Crippen LogP contribution is 2.07. The Morgan fingerprint density at radius 2 is 2.07 bits per heavy atom. The molecule has 0 heterocycles. The molecule has 0 aromatic heterocycles. The van der Waals surface area contributed by atoms with Gasteiger partial charge in [0.05, 0.1) is 7.11 Å². The van der Waals surface area contributed by atoms with Crippen molar-refractivity contribution in [3.63, 3.8) is 0 Å². The van der Waals surface area contributed by atoms with Gasteiger partial charge in [-0.15, -0.1) is 0 Å². The van der Waals surface area contributed by atoms with Crippen molar-refractivity contribution in [3.05, 3.63) is 35.6 Å². The van der Waals surface area contributed by atoms with Crippen LogP contribution in [0.15, 0.2) is 24.3 Å². The predicted molar refractivity (Wildman–Crippen MR) is 52.7 cm³/mol. The van der Waals surface area contributed by atoms with Gasteiger partial charge in [-0.1, -0.05) is 12.1 Å². The molecular formula is C11H13FO3. The van der Waals surface area contributed by atoms with Crippen molar-refractivity contribution >= 4 is 5.97 Å². The van der Waals surface area contributed by atoms with E-state index in [-0.39, 0.29) is 12.2 Å². The van der Waals surface area contributed by atoms with Gasteiger partial charge in [0.2, 0.25) is 0 Å². The molecule has 0 radical (unpaired) electrons. The first-order valence-corrected chi connectivity index (χ1v) is 4.64. The molecule has 0 amide bonds. The molecule has 0 saturated carbocycles. The molecule has 1 N–H and O–H groups in total. The first-order chi connectivity index (χ1) is 7.13. The van der Waals surface area contributed by atoms with Crippen LogP contribution >= 0.6 is 0 Å². The number of aryl methyl sites for hydroxylation is 1. The molecule has 0 saturated heterocycles. The van der Waals surface area contributed by atoms with Gasteiger partial charge in [0, 0.05) is 0 Å². The van der Waals surface area contributed by atoms with E-state index < -0.39 is 12.1 Å². The normalized spacial score (nSPS) is 12.2. The second kappa shape index (κ2) is 5.46. The topological polar surface area (TPSA) is 46.5 Å². The number of methoxy groups -OCH3 is 1. The number of halogens is 1. The van der Waals surface area contributed by atoms with Gasteiger partial charge in [-0.2, -0.15) is 0 Å². The van der Waals surface area contributed by atoms with Crippen LogP contribution in [-0.2, 0) is 16.0 Å². The molecule has 0 fully saturated rings. The summed E-state index contributed by atoms with van der Waals surface area (Å²) in [7, 11) is 1.23. The number of hydrogen-bond donors (Lipinski definition) is 1. The third kappa shape index (κ3) is 3.67. The Morgan fingerprint density at radius 1 is 1.47 bits per heavy atom. The summed E-state index contributed by atoms with van der Waals surface area (Å²) in [5.74, 6) is -0.940. The lowest BCUT2D eigenvalue weighted by atomic mass is 10.1. The highest BCUT2D eigenvalue weighted by molar-refractivity contribution is 5.74. The van der Waals surface area contributed by atoms with Gasteiger partial charge in [-0.3, -0.25) is 0 Å². The molecule has 15 heavy (non-hydrogen) atoms. The van der Waals surface area contributed by atoms with Crippen LogP contribution in [0.25, 0.3) is 0 Å². The molecule has 0 aliphatic carbocycles. The van der Waals surface area contributed by atoms with Crippen LogP contribution in [0, 0.1) is 5.82 Å². The summed E-state index contributed by atoms with van der Waals surface area (Å²) in [5.41, 5.74) is 0.874. The first-order valence-electron chi connectivity index (χ1n) is 4.64. The van der Waals surface area contributed by atoms with Gasteiger partial charge in [0.15, 0.2) is 6.10 Å². The fourth-order valence-electron chi connectivity index (χ4n) is 1.21. The number of rotatable bonds is 4. The zero-order valence-corrected chi connectivity index (χ0v) is 8.44. The maximum absolute atomic E-state index is 12.5. The molecule has 4 heteroatoms. The smallest absolute Gasteiger partial charge is 0.334 e. The van der Waals surface area contributed by atoms with Crippen LogP contribution in [0.1, 0.15) is 12.0 Å². The Balaban J connectivity index is 2.43. The molecule has 1 atom stereocenters. The Hall–Kier alpha value is -1.42. The van der Waals surface area contributed by atoms with Crippen molar-refractivity contribution in [2.24, 2.45) is 0 Å². The van der Waals surface area contributed by atoms with Gasteiger partial charge in [0.25, 0.3) is 0 Å². The molecule has 1 aromatic carbocycles. The van der Waals surface area contributed by atoms with Crippen molar-refractivity contribution in [2.45, 2.75) is 18.9 Å². The van der Waals surface area contributed by atoms with E-state index in [4.69, 9.17) is 0 Å². The highest BCUT2D eigenvalue weighted by Gasteiger charge is 2.14. The van der Waals surface area contributed by atoms with E-state index in [9.17, 15) is 14.3 Å². The molecule has 0 aliphatic rings. The number of aliphatic hydroxyl groups excluding tert-OH is 1. The van der Waals surface area contributed by atoms with Crippen molar-refractivity contribution < 1.29 is 19.0 Å². The van der Waals surface area contributed by atoms with Gasteiger partial charge in [-0.25, -0.2) is 9.18 Å². The monoisotopic (exact) mass is 212 g/mol. The van der Waals surface area contributed by atoms with Crippen LogP contribution in [0.4, 0.5) is 4.39 Å². The Labute approximate surface area is 87.5 Å². The summed E-state index contributed by atoms with van der Waals surface area (Å²) < 4.78 is 16.9. The number of hydrogen-bond acceptors (Lipinski definition) is 3.